The first kappa shape index (κ1) is 13.2. The summed E-state index contributed by atoms with van der Waals surface area (Å²) in [6.07, 6.45) is -6.15. The maximum atomic E-state index is 13.2. The van der Waals surface area contributed by atoms with Gasteiger partial charge in [-0.15, -0.1) is 0 Å². The Hall–Kier alpha value is -0.850. The van der Waals surface area contributed by atoms with Crippen LogP contribution >= 0.6 is 0 Å². The van der Waals surface area contributed by atoms with Crippen LogP contribution in [0, 0.1) is 0 Å². The monoisotopic (exact) mass is 245 g/mol. The summed E-state index contributed by atoms with van der Waals surface area (Å²) < 4.78 is 66.8. The zero-order valence-corrected chi connectivity index (χ0v) is 8.81. The molecule has 7 heteroatoms. The number of rotatable bonds is 1. The van der Waals surface area contributed by atoms with Gasteiger partial charge in [0.2, 0.25) is 5.95 Å². The zero-order valence-electron chi connectivity index (χ0n) is 8.81. The highest BCUT2D eigenvalue weighted by molar-refractivity contribution is 5.06. The van der Waals surface area contributed by atoms with Crippen LogP contribution in [0.2, 0.25) is 0 Å². The van der Waals surface area contributed by atoms with Gasteiger partial charge in [-0.1, -0.05) is 0 Å². The maximum Gasteiger partial charge on any atom is 0.447 e. The minimum Gasteiger partial charge on any atom is -0.372 e. The number of hydrogen-bond acceptors (Lipinski definition) is 2. The van der Waals surface area contributed by atoms with Crippen LogP contribution in [-0.2, 0) is 4.74 Å². The third-order valence-electron chi connectivity index (χ3n) is 2.13. The third-order valence-corrected chi connectivity index (χ3v) is 2.13. The molecule has 0 N–H and O–H groups in total. The van der Waals surface area contributed by atoms with Crippen LogP contribution in [-0.4, -0.2) is 36.4 Å². The fraction of sp³-hybridized carbons (Fsp3) is 0.778. The number of ether oxygens (including phenoxy) is 1. The minimum absolute atomic E-state index is 0.0975. The van der Waals surface area contributed by atoms with Gasteiger partial charge in [0.15, 0.2) is 0 Å². The molecule has 0 aromatic rings. The van der Waals surface area contributed by atoms with E-state index in [0.29, 0.717) is 4.90 Å². The summed E-state index contributed by atoms with van der Waals surface area (Å²) in [5.41, 5.74) is 0. The first-order valence-corrected chi connectivity index (χ1v) is 4.74. The molecule has 2 atom stereocenters. The molecule has 0 aliphatic carbocycles. The van der Waals surface area contributed by atoms with Crippen LogP contribution in [0.4, 0.5) is 22.0 Å². The van der Waals surface area contributed by atoms with Crippen molar-refractivity contribution in [2.75, 3.05) is 13.1 Å². The molecular formula is C9H12F5NO. The highest BCUT2D eigenvalue weighted by atomic mass is 19.4. The Morgan fingerprint density at radius 3 is 1.94 bits per heavy atom. The molecule has 0 radical (unpaired) electrons. The number of allylic oxidation sites excluding steroid dienone is 1. The molecule has 1 rings (SSSR count). The number of alkyl halides is 3. The predicted molar refractivity (Wildman–Crippen MR) is 46.9 cm³/mol. The van der Waals surface area contributed by atoms with E-state index in [-0.39, 0.29) is 13.1 Å². The van der Waals surface area contributed by atoms with E-state index in [0.717, 1.165) is 0 Å². The fourth-order valence-electron chi connectivity index (χ4n) is 1.59. The van der Waals surface area contributed by atoms with Crippen molar-refractivity contribution in [3.05, 3.63) is 11.8 Å². The molecule has 1 aliphatic rings. The normalized spacial score (nSPS) is 29.1. The van der Waals surface area contributed by atoms with E-state index in [4.69, 9.17) is 4.74 Å². The first-order valence-electron chi connectivity index (χ1n) is 4.74. The Morgan fingerprint density at radius 1 is 1.12 bits per heavy atom. The van der Waals surface area contributed by atoms with Crippen molar-refractivity contribution in [1.29, 1.82) is 0 Å². The lowest BCUT2D eigenvalue weighted by Crippen LogP contribution is -2.44. The Balaban J connectivity index is 2.84. The molecule has 0 saturated carbocycles. The van der Waals surface area contributed by atoms with Gasteiger partial charge in [-0.3, -0.25) is 0 Å². The molecular weight excluding hydrogens is 233 g/mol. The van der Waals surface area contributed by atoms with Gasteiger partial charge in [0.25, 0.3) is 5.83 Å². The van der Waals surface area contributed by atoms with Gasteiger partial charge in [0.1, 0.15) is 0 Å². The molecule has 1 aliphatic heterocycles. The number of nitrogens with zero attached hydrogens (tertiary/aromatic N) is 1. The molecule has 0 bridgehead atoms. The molecule has 2 unspecified atom stereocenters. The van der Waals surface area contributed by atoms with E-state index < -0.39 is 30.2 Å². The van der Waals surface area contributed by atoms with Crippen molar-refractivity contribution >= 4 is 0 Å². The van der Waals surface area contributed by atoms with Crippen LogP contribution in [0.25, 0.3) is 0 Å². The quantitative estimate of drug-likeness (QED) is 0.520. The van der Waals surface area contributed by atoms with Crippen molar-refractivity contribution in [2.24, 2.45) is 0 Å². The third kappa shape index (κ3) is 3.07. The van der Waals surface area contributed by atoms with Crippen molar-refractivity contribution in [2.45, 2.75) is 32.2 Å². The molecule has 0 spiro atoms. The molecule has 1 fully saturated rings. The predicted octanol–water partition coefficient (Wildman–Crippen LogP) is 2.77. The van der Waals surface area contributed by atoms with Gasteiger partial charge in [0.05, 0.1) is 12.2 Å². The molecule has 2 nitrogen and oxygen atoms in total. The molecule has 1 heterocycles. The van der Waals surface area contributed by atoms with Gasteiger partial charge in [-0.05, 0) is 13.8 Å². The SMILES string of the molecule is CC1CN(/C(F)=C(\F)C(F)(F)F)CC(C)O1. The smallest absolute Gasteiger partial charge is 0.372 e. The second-order valence-electron chi connectivity index (χ2n) is 3.76. The highest BCUT2D eigenvalue weighted by Crippen LogP contribution is 2.32. The van der Waals surface area contributed by atoms with Crippen molar-refractivity contribution in [3.8, 4) is 0 Å². The topological polar surface area (TPSA) is 12.5 Å². The summed E-state index contributed by atoms with van der Waals surface area (Å²) in [5.74, 6) is -4.55. The Labute approximate surface area is 89.7 Å². The Kier molecular flexibility index (Phi) is 3.77. The lowest BCUT2D eigenvalue weighted by atomic mass is 10.2. The molecule has 0 aromatic heterocycles. The van der Waals surface area contributed by atoms with Gasteiger partial charge >= 0.3 is 6.18 Å². The average Bonchev–Trinajstić information content (AvgIpc) is 2.12. The molecule has 0 aromatic carbocycles. The molecule has 94 valence electrons. The molecule has 16 heavy (non-hydrogen) atoms. The summed E-state index contributed by atoms with van der Waals surface area (Å²) in [5, 5.41) is 0. The lowest BCUT2D eigenvalue weighted by molar-refractivity contribution is -0.117. The van der Waals surface area contributed by atoms with E-state index >= 15 is 0 Å². The van der Waals surface area contributed by atoms with E-state index in [9.17, 15) is 22.0 Å². The second-order valence-corrected chi connectivity index (χ2v) is 3.76. The van der Waals surface area contributed by atoms with E-state index in [1.54, 1.807) is 13.8 Å². The van der Waals surface area contributed by atoms with Crippen LogP contribution in [0.5, 0.6) is 0 Å². The Morgan fingerprint density at radius 2 is 1.56 bits per heavy atom. The molecule has 1 saturated heterocycles. The number of hydrogen-bond donors (Lipinski definition) is 0. The minimum atomic E-state index is -5.28. The van der Waals surface area contributed by atoms with Gasteiger partial charge in [-0.2, -0.15) is 22.0 Å². The standard InChI is InChI=1S/C9H12F5NO/c1-5-3-15(4-6(2)16-5)8(11)7(10)9(12,13)14/h5-6H,3-4H2,1-2H3/b8-7-. The van der Waals surface area contributed by atoms with Gasteiger partial charge in [-0.25, -0.2) is 0 Å². The van der Waals surface area contributed by atoms with E-state index in [2.05, 4.69) is 0 Å². The van der Waals surface area contributed by atoms with Crippen molar-refractivity contribution in [3.63, 3.8) is 0 Å². The fourth-order valence-corrected chi connectivity index (χ4v) is 1.59. The average molecular weight is 245 g/mol. The summed E-state index contributed by atoms with van der Waals surface area (Å²) in [6.45, 7) is 2.97. The summed E-state index contributed by atoms with van der Waals surface area (Å²) in [6, 6.07) is 0. The van der Waals surface area contributed by atoms with Crippen molar-refractivity contribution in [1.82, 2.24) is 4.90 Å². The number of halogens is 5. The van der Waals surface area contributed by atoms with E-state index in [1.807, 2.05) is 0 Å². The molecule has 0 amide bonds. The van der Waals surface area contributed by atoms with Crippen LogP contribution in [0.1, 0.15) is 13.8 Å². The van der Waals surface area contributed by atoms with Crippen molar-refractivity contribution < 1.29 is 26.7 Å². The largest absolute Gasteiger partial charge is 0.447 e. The Bertz CT molecular complexity index is 278. The summed E-state index contributed by atoms with van der Waals surface area (Å²) in [4.78, 5) is 0.710. The lowest BCUT2D eigenvalue weighted by Gasteiger charge is -2.35. The first-order chi connectivity index (χ1) is 7.21. The highest BCUT2D eigenvalue weighted by Gasteiger charge is 2.40. The second kappa shape index (κ2) is 4.57. The van der Waals surface area contributed by atoms with E-state index in [1.165, 1.54) is 0 Å². The van der Waals surface area contributed by atoms with Crippen LogP contribution in [0.3, 0.4) is 0 Å². The summed E-state index contributed by atoms with van der Waals surface area (Å²) in [7, 11) is 0. The van der Waals surface area contributed by atoms with Gasteiger partial charge < -0.3 is 9.64 Å². The zero-order chi connectivity index (χ0) is 12.5. The van der Waals surface area contributed by atoms with Crippen LogP contribution < -0.4 is 0 Å². The van der Waals surface area contributed by atoms with Gasteiger partial charge in [0, 0.05) is 13.1 Å². The summed E-state index contributed by atoms with van der Waals surface area (Å²) >= 11 is 0. The van der Waals surface area contributed by atoms with Crippen LogP contribution in [0.15, 0.2) is 11.8 Å². The maximum absolute atomic E-state index is 13.2. The number of morpholine rings is 1.